The topological polar surface area (TPSA) is 68.7 Å². The first-order valence-electron chi connectivity index (χ1n) is 7.87. The number of nitrogens with two attached hydrogens (primary N) is 1. The molecule has 0 bridgehead atoms. The molecule has 22 heavy (non-hydrogen) atoms. The van der Waals surface area contributed by atoms with Crippen molar-refractivity contribution in [1.82, 2.24) is 4.90 Å². The molecule has 1 saturated heterocycles. The van der Waals surface area contributed by atoms with Crippen molar-refractivity contribution in [3.8, 4) is 0 Å². The summed E-state index contributed by atoms with van der Waals surface area (Å²) in [5, 5.41) is 0.964. The van der Waals surface area contributed by atoms with Crippen LogP contribution in [0.15, 0.2) is 34.7 Å². The van der Waals surface area contributed by atoms with Gasteiger partial charge in [0.15, 0.2) is 5.76 Å². The normalized spacial score (nSPS) is 16.3. The molecule has 1 aromatic heterocycles. The van der Waals surface area contributed by atoms with Crippen LogP contribution in [-0.4, -0.2) is 43.2 Å². The quantitative estimate of drug-likeness (QED) is 0.861. The van der Waals surface area contributed by atoms with Gasteiger partial charge in [0.05, 0.1) is 6.10 Å². The van der Waals surface area contributed by atoms with Crippen molar-refractivity contribution in [3.05, 3.63) is 36.1 Å². The lowest BCUT2D eigenvalue weighted by Crippen LogP contribution is -2.40. The summed E-state index contributed by atoms with van der Waals surface area (Å²) in [5.74, 6) is 0.389. The maximum atomic E-state index is 12.5. The van der Waals surface area contributed by atoms with Crippen LogP contribution in [0.5, 0.6) is 0 Å². The first-order chi connectivity index (χ1) is 10.8. The molecule has 0 aliphatic carbocycles. The highest BCUT2D eigenvalue weighted by molar-refractivity contribution is 5.96. The summed E-state index contributed by atoms with van der Waals surface area (Å²) in [6.07, 6.45) is 2.87. The number of carbonyl (C=O) groups excluding carboxylic acids is 1. The molecule has 5 nitrogen and oxygen atoms in total. The summed E-state index contributed by atoms with van der Waals surface area (Å²) in [4.78, 5) is 14.4. The fourth-order valence-electron chi connectivity index (χ4n) is 2.80. The predicted octanol–water partition coefficient (Wildman–Crippen LogP) is 2.40. The third kappa shape index (κ3) is 3.31. The van der Waals surface area contributed by atoms with Gasteiger partial charge in [0, 0.05) is 25.1 Å². The third-order valence-electron chi connectivity index (χ3n) is 4.07. The van der Waals surface area contributed by atoms with Gasteiger partial charge in [-0.3, -0.25) is 4.79 Å². The first kappa shape index (κ1) is 15.1. The maximum Gasteiger partial charge on any atom is 0.289 e. The number of nitrogens with zero attached hydrogens (tertiary/aromatic N) is 1. The summed E-state index contributed by atoms with van der Waals surface area (Å²) < 4.78 is 11.4. The number of rotatable bonds is 5. The van der Waals surface area contributed by atoms with E-state index in [1.807, 2.05) is 35.2 Å². The van der Waals surface area contributed by atoms with E-state index in [9.17, 15) is 4.79 Å². The minimum absolute atomic E-state index is 0.0309. The van der Waals surface area contributed by atoms with E-state index in [0.717, 1.165) is 30.2 Å². The average molecular weight is 302 g/mol. The molecule has 2 N–H and O–H groups in total. The lowest BCUT2D eigenvalue weighted by molar-refractivity contribution is 0.00770. The fourth-order valence-corrected chi connectivity index (χ4v) is 2.80. The molecule has 0 unspecified atom stereocenters. The van der Waals surface area contributed by atoms with Crippen LogP contribution < -0.4 is 5.73 Å². The molecule has 1 aliphatic heterocycles. The fraction of sp³-hybridized carbons (Fsp3) is 0.471. The van der Waals surface area contributed by atoms with E-state index < -0.39 is 0 Å². The lowest BCUT2D eigenvalue weighted by atomic mass is 10.1. The van der Waals surface area contributed by atoms with Crippen LogP contribution >= 0.6 is 0 Å². The monoisotopic (exact) mass is 302 g/mol. The summed E-state index contributed by atoms with van der Waals surface area (Å²) in [6.45, 7) is 2.79. The SMILES string of the molecule is NCCCOC1CCN(C(=O)c2cc3ccccc3o2)CC1. The molecule has 0 spiro atoms. The number of para-hydroxylation sites is 1. The van der Waals surface area contributed by atoms with Crippen molar-refractivity contribution in [3.63, 3.8) is 0 Å². The standard InChI is InChI=1S/C17H22N2O3/c18-8-3-11-21-14-6-9-19(10-7-14)17(20)16-12-13-4-1-2-5-15(13)22-16/h1-2,4-5,12,14H,3,6-11,18H2. The van der Waals surface area contributed by atoms with Gasteiger partial charge >= 0.3 is 0 Å². The second-order valence-corrected chi connectivity index (χ2v) is 5.65. The van der Waals surface area contributed by atoms with Crippen LogP contribution in [0.3, 0.4) is 0 Å². The van der Waals surface area contributed by atoms with Crippen molar-refractivity contribution in [2.45, 2.75) is 25.4 Å². The van der Waals surface area contributed by atoms with E-state index in [0.29, 0.717) is 32.0 Å². The molecule has 118 valence electrons. The number of hydrogen-bond donors (Lipinski definition) is 1. The number of hydrogen-bond acceptors (Lipinski definition) is 4. The van der Waals surface area contributed by atoms with Crippen LogP contribution in [0.1, 0.15) is 29.8 Å². The van der Waals surface area contributed by atoms with E-state index in [2.05, 4.69) is 0 Å². The Kier molecular flexibility index (Phi) is 4.75. The summed E-state index contributed by atoms with van der Waals surface area (Å²) >= 11 is 0. The number of furan rings is 1. The first-order valence-corrected chi connectivity index (χ1v) is 7.87. The van der Waals surface area contributed by atoms with Crippen molar-refractivity contribution in [1.29, 1.82) is 0 Å². The molecule has 0 atom stereocenters. The summed E-state index contributed by atoms with van der Waals surface area (Å²) in [6, 6.07) is 9.50. The Labute approximate surface area is 130 Å². The zero-order valence-corrected chi connectivity index (χ0v) is 12.7. The zero-order valence-electron chi connectivity index (χ0n) is 12.7. The molecule has 2 aromatic rings. The molecule has 1 amide bonds. The Morgan fingerprint density at radius 2 is 2.09 bits per heavy atom. The number of ether oxygens (including phenoxy) is 1. The van der Waals surface area contributed by atoms with Crippen molar-refractivity contribution in [2.24, 2.45) is 5.73 Å². The molecule has 1 fully saturated rings. The van der Waals surface area contributed by atoms with E-state index >= 15 is 0 Å². The van der Waals surface area contributed by atoms with Crippen LogP contribution in [-0.2, 0) is 4.74 Å². The zero-order chi connectivity index (χ0) is 15.4. The van der Waals surface area contributed by atoms with Gasteiger partial charge in [-0.2, -0.15) is 0 Å². The van der Waals surface area contributed by atoms with Gasteiger partial charge in [-0.15, -0.1) is 0 Å². The smallest absolute Gasteiger partial charge is 0.289 e. The molecule has 3 rings (SSSR count). The number of benzene rings is 1. The van der Waals surface area contributed by atoms with Gasteiger partial charge in [0.25, 0.3) is 5.91 Å². The molecular formula is C17H22N2O3. The van der Waals surface area contributed by atoms with E-state index in [-0.39, 0.29) is 12.0 Å². The minimum Gasteiger partial charge on any atom is -0.451 e. The van der Waals surface area contributed by atoms with Crippen LogP contribution in [0.4, 0.5) is 0 Å². The highest BCUT2D eigenvalue weighted by atomic mass is 16.5. The van der Waals surface area contributed by atoms with E-state index in [1.54, 1.807) is 0 Å². The van der Waals surface area contributed by atoms with Crippen molar-refractivity contribution < 1.29 is 13.9 Å². The Morgan fingerprint density at radius 1 is 1.32 bits per heavy atom. The molecule has 0 saturated carbocycles. The number of fused-ring (bicyclic) bond motifs is 1. The number of likely N-dealkylation sites (tertiary alicyclic amines) is 1. The highest BCUT2D eigenvalue weighted by Gasteiger charge is 2.25. The number of amides is 1. The van der Waals surface area contributed by atoms with Crippen LogP contribution in [0, 0.1) is 0 Å². The minimum atomic E-state index is -0.0309. The van der Waals surface area contributed by atoms with Gasteiger partial charge in [-0.05, 0) is 37.9 Å². The van der Waals surface area contributed by atoms with Gasteiger partial charge in [0.2, 0.25) is 0 Å². The van der Waals surface area contributed by atoms with Gasteiger partial charge in [-0.25, -0.2) is 0 Å². The Bertz CT molecular complexity index is 597. The molecular weight excluding hydrogens is 280 g/mol. The molecule has 5 heteroatoms. The average Bonchev–Trinajstić information content (AvgIpc) is 2.99. The largest absolute Gasteiger partial charge is 0.451 e. The molecule has 1 aliphatic rings. The number of carbonyl (C=O) groups is 1. The van der Waals surface area contributed by atoms with E-state index in [4.69, 9.17) is 14.9 Å². The third-order valence-corrected chi connectivity index (χ3v) is 4.07. The van der Waals surface area contributed by atoms with Crippen molar-refractivity contribution in [2.75, 3.05) is 26.2 Å². The Balaban J connectivity index is 1.57. The molecule has 0 radical (unpaired) electrons. The number of piperidine rings is 1. The van der Waals surface area contributed by atoms with Crippen LogP contribution in [0.25, 0.3) is 11.0 Å². The maximum absolute atomic E-state index is 12.5. The van der Waals surface area contributed by atoms with Crippen molar-refractivity contribution >= 4 is 16.9 Å². The van der Waals surface area contributed by atoms with Gasteiger partial charge < -0.3 is 19.8 Å². The Morgan fingerprint density at radius 3 is 2.82 bits per heavy atom. The van der Waals surface area contributed by atoms with Gasteiger partial charge in [0.1, 0.15) is 5.58 Å². The summed E-state index contributed by atoms with van der Waals surface area (Å²) in [5.41, 5.74) is 6.21. The second kappa shape index (κ2) is 6.94. The second-order valence-electron chi connectivity index (χ2n) is 5.65. The predicted molar refractivity (Wildman–Crippen MR) is 84.8 cm³/mol. The lowest BCUT2D eigenvalue weighted by Gasteiger charge is -2.31. The molecule has 1 aromatic carbocycles. The Hall–Kier alpha value is -1.85. The molecule has 2 heterocycles. The summed E-state index contributed by atoms with van der Waals surface area (Å²) in [7, 11) is 0. The highest BCUT2D eigenvalue weighted by Crippen LogP contribution is 2.22. The van der Waals surface area contributed by atoms with Gasteiger partial charge in [-0.1, -0.05) is 18.2 Å². The van der Waals surface area contributed by atoms with E-state index in [1.165, 1.54) is 0 Å². The van der Waals surface area contributed by atoms with Crippen LogP contribution in [0.2, 0.25) is 0 Å².